The Balaban J connectivity index is 2.48. The molecule has 2 atom stereocenters. The molecule has 0 saturated carbocycles. The summed E-state index contributed by atoms with van der Waals surface area (Å²) < 4.78 is 0. The lowest BCUT2D eigenvalue weighted by Crippen LogP contribution is -2.41. The molecule has 1 N–H and O–H groups in total. The summed E-state index contributed by atoms with van der Waals surface area (Å²) in [6.07, 6.45) is 2.05. The van der Waals surface area contributed by atoms with Gasteiger partial charge in [0.15, 0.2) is 0 Å². The number of aromatic nitrogens is 2. The standard InChI is InChI=1S/C13H21N5O2/c1-8-5-6-17(9(2)7-8)12-11(18(19)20)10(3)15-13(14-4)16-12/h8-9H,5-7H2,1-4H3,(H,14,15,16). The van der Waals surface area contributed by atoms with Crippen LogP contribution in [0.25, 0.3) is 0 Å². The molecule has 20 heavy (non-hydrogen) atoms. The van der Waals surface area contributed by atoms with Crippen LogP contribution in [-0.4, -0.2) is 34.5 Å². The van der Waals surface area contributed by atoms with Crippen molar-refractivity contribution in [2.24, 2.45) is 5.92 Å². The molecule has 110 valence electrons. The molecule has 0 aliphatic carbocycles. The minimum Gasteiger partial charge on any atom is -0.357 e. The number of nitrogens with zero attached hydrogens (tertiary/aromatic N) is 4. The second-order valence-corrected chi connectivity index (χ2v) is 5.48. The number of nitro groups is 1. The Morgan fingerprint density at radius 3 is 2.65 bits per heavy atom. The zero-order valence-electron chi connectivity index (χ0n) is 12.4. The van der Waals surface area contributed by atoms with E-state index in [1.165, 1.54) is 0 Å². The predicted molar refractivity (Wildman–Crippen MR) is 78.2 cm³/mol. The number of aryl methyl sites for hydroxylation is 1. The van der Waals surface area contributed by atoms with Crippen molar-refractivity contribution in [1.29, 1.82) is 0 Å². The van der Waals surface area contributed by atoms with Gasteiger partial charge in [-0.3, -0.25) is 10.1 Å². The monoisotopic (exact) mass is 279 g/mol. The molecular weight excluding hydrogens is 258 g/mol. The maximum Gasteiger partial charge on any atom is 0.332 e. The van der Waals surface area contributed by atoms with E-state index in [2.05, 4.69) is 29.1 Å². The van der Waals surface area contributed by atoms with Crippen molar-refractivity contribution in [2.45, 2.75) is 39.7 Å². The average molecular weight is 279 g/mol. The minimum atomic E-state index is -0.380. The van der Waals surface area contributed by atoms with Gasteiger partial charge in [-0.05, 0) is 32.6 Å². The van der Waals surface area contributed by atoms with E-state index in [4.69, 9.17) is 0 Å². The smallest absolute Gasteiger partial charge is 0.332 e. The second-order valence-electron chi connectivity index (χ2n) is 5.48. The molecule has 1 fully saturated rings. The molecule has 1 aromatic rings. The van der Waals surface area contributed by atoms with Crippen LogP contribution in [0.3, 0.4) is 0 Å². The zero-order chi connectivity index (χ0) is 14.9. The molecule has 0 radical (unpaired) electrons. The molecule has 7 nitrogen and oxygen atoms in total. The Bertz CT molecular complexity index is 520. The van der Waals surface area contributed by atoms with Gasteiger partial charge in [-0.2, -0.15) is 4.98 Å². The fourth-order valence-electron chi connectivity index (χ4n) is 2.80. The van der Waals surface area contributed by atoms with E-state index in [9.17, 15) is 10.1 Å². The van der Waals surface area contributed by atoms with Crippen LogP contribution in [-0.2, 0) is 0 Å². The predicted octanol–water partition coefficient (Wildman–Crippen LogP) is 2.36. The van der Waals surface area contributed by atoms with Crippen molar-refractivity contribution >= 4 is 17.5 Å². The average Bonchev–Trinajstić information content (AvgIpc) is 2.37. The van der Waals surface area contributed by atoms with Gasteiger partial charge in [0, 0.05) is 19.6 Å². The molecule has 0 bridgehead atoms. The van der Waals surface area contributed by atoms with Gasteiger partial charge >= 0.3 is 5.69 Å². The van der Waals surface area contributed by atoms with Crippen LogP contribution in [0.4, 0.5) is 17.5 Å². The van der Waals surface area contributed by atoms with Crippen LogP contribution < -0.4 is 10.2 Å². The number of rotatable bonds is 3. The Labute approximate surface area is 118 Å². The van der Waals surface area contributed by atoms with E-state index in [1.807, 2.05) is 4.90 Å². The highest BCUT2D eigenvalue weighted by Gasteiger charge is 2.31. The molecular formula is C13H21N5O2. The van der Waals surface area contributed by atoms with Gasteiger partial charge in [-0.25, -0.2) is 4.98 Å². The Kier molecular flexibility index (Phi) is 4.06. The van der Waals surface area contributed by atoms with Crippen LogP contribution in [0.5, 0.6) is 0 Å². The molecule has 1 saturated heterocycles. The summed E-state index contributed by atoms with van der Waals surface area (Å²) in [5.74, 6) is 1.51. The lowest BCUT2D eigenvalue weighted by atomic mass is 9.93. The van der Waals surface area contributed by atoms with E-state index in [0.717, 1.165) is 19.4 Å². The summed E-state index contributed by atoms with van der Waals surface area (Å²) in [6, 6.07) is 0.247. The molecule has 2 heterocycles. The summed E-state index contributed by atoms with van der Waals surface area (Å²) >= 11 is 0. The summed E-state index contributed by atoms with van der Waals surface area (Å²) in [4.78, 5) is 21.4. The normalized spacial score (nSPS) is 22.7. The Hall–Kier alpha value is -1.92. The Morgan fingerprint density at radius 1 is 1.40 bits per heavy atom. The van der Waals surface area contributed by atoms with Crippen LogP contribution in [0.15, 0.2) is 0 Å². The largest absolute Gasteiger partial charge is 0.357 e. The van der Waals surface area contributed by atoms with Gasteiger partial charge in [0.25, 0.3) is 0 Å². The van der Waals surface area contributed by atoms with Crippen LogP contribution in [0.1, 0.15) is 32.4 Å². The van der Waals surface area contributed by atoms with Crippen molar-refractivity contribution < 1.29 is 4.92 Å². The van der Waals surface area contributed by atoms with Gasteiger partial charge in [0.1, 0.15) is 5.69 Å². The van der Waals surface area contributed by atoms with E-state index in [-0.39, 0.29) is 16.7 Å². The first-order chi connectivity index (χ1) is 9.43. The van der Waals surface area contributed by atoms with Crippen LogP contribution in [0.2, 0.25) is 0 Å². The lowest BCUT2D eigenvalue weighted by Gasteiger charge is -2.37. The first-order valence-corrected chi connectivity index (χ1v) is 6.91. The summed E-state index contributed by atoms with van der Waals surface area (Å²) in [5, 5.41) is 14.2. The number of nitrogens with one attached hydrogen (secondary N) is 1. The van der Waals surface area contributed by atoms with Crippen LogP contribution >= 0.6 is 0 Å². The Morgan fingerprint density at radius 2 is 2.10 bits per heavy atom. The van der Waals surface area contributed by atoms with E-state index < -0.39 is 0 Å². The topological polar surface area (TPSA) is 84.2 Å². The molecule has 2 unspecified atom stereocenters. The molecule has 0 aromatic carbocycles. The van der Waals surface area contributed by atoms with Gasteiger partial charge in [0.2, 0.25) is 11.8 Å². The maximum atomic E-state index is 11.3. The highest BCUT2D eigenvalue weighted by Crippen LogP contribution is 2.34. The van der Waals surface area contributed by atoms with Crippen molar-refractivity contribution in [2.75, 3.05) is 23.8 Å². The molecule has 7 heteroatoms. The van der Waals surface area contributed by atoms with E-state index >= 15 is 0 Å². The van der Waals surface area contributed by atoms with E-state index in [0.29, 0.717) is 23.4 Å². The number of piperidine rings is 1. The van der Waals surface area contributed by atoms with Gasteiger partial charge in [-0.1, -0.05) is 6.92 Å². The molecule has 1 aliphatic rings. The molecule has 1 aliphatic heterocycles. The first-order valence-electron chi connectivity index (χ1n) is 6.91. The zero-order valence-corrected chi connectivity index (χ0v) is 12.4. The van der Waals surface area contributed by atoms with Crippen LogP contribution in [0, 0.1) is 23.0 Å². The lowest BCUT2D eigenvalue weighted by molar-refractivity contribution is -0.385. The van der Waals surface area contributed by atoms with Gasteiger partial charge in [0.05, 0.1) is 4.92 Å². The highest BCUT2D eigenvalue weighted by molar-refractivity contribution is 5.63. The third-order valence-electron chi connectivity index (χ3n) is 3.86. The second kappa shape index (κ2) is 5.60. The summed E-state index contributed by atoms with van der Waals surface area (Å²) in [6.45, 7) is 6.76. The molecule has 2 rings (SSSR count). The summed E-state index contributed by atoms with van der Waals surface area (Å²) in [7, 11) is 1.71. The highest BCUT2D eigenvalue weighted by atomic mass is 16.6. The van der Waals surface area contributed by atoms with Crippen molar-refractivity contribution in [3.63, 3.8) is 0 Å². The fraction of sp³-hybridized carbons (Fsp3) is 0.692. The van der Waals surface area contributed by atoms with Crippen molar-refractivity contribution in [1.82, 2.24) is 9.97 Å². The molecule has 1 aromatic heterocycles. The van der Waals surface area contributed by atoms with Gasteiger partial charge < -0.3 is 10.2 Å². The number of hydrogen-bond donors (Lipinski definition) is 1. The van der Waals surface area contributed by atoms with Gasteiger partial charge in [-0.15, -0.1) is 0 Å². The third-order valence-corrected chi connectivity index (χ3v) is 3.86. The fourth-order valence-corrected chi connectivity index (χ4v) is 2.80. The molecule has 0 amide bonds. The quantitative estimate of drug-likeness (QED) is 0.675. The third kappa shape index (κ3) is 2.66. The first kappa shape index (κ1) is 14.5. The minimum absolute atomic E-state index is 0.0189. The SMILES string of the molecule is CNc1nc(C)c([N+](=O)[O-])c(N2CCC(C)CC2C)n1. The maximum absolute atomic E-state index is 11.3. The van der Waals surface area contributed by atoms with Crippen molar-refractivity contribution in [3.8, 4) is 0 Å². The van der Waals surface area contributed by atoms with E-state index in [1.54, 1.807) is 14.0 Å². The summed E-state index contributed by atoms with van der Waals surface area (Å²) in [5.41, 5.74) is 0.417. The van der Waals surface area contributed by atoms with Crippen molar-refractivity contribution in [3.05, 3.63) is 15.8 Å². The molecule has 0 spiro atoms. The number of hydrogen-bond acceptors (Lipinski definition) is 6. The number of anilines is 2.